The SMILES string of the molecule is c1cc(-c2nc(COC3CCCNC3)no2)ccn1. The van der Waals surface area contributed by atoms with Gasteiger partial charge >= 0.3 is 0 Å². The molecule has 1 aliphatic rings. The fraction of sp³-hybridized carbons (Fsp3) is 0.462. The Hall–Kier alpha value is -1.79. The first-order valence-electron chi connectivity index (χ1n) is 6.47. The number of rotatable bonds is 4. The topological polar surface area (TPSA) is 73.1 Å². The van der Waals surface area contributed by atoms with Crippen molar-refractivity contribution in [1.29, 1.82) is 0 Å². The van der Waals surface area contributed by atoms with Gasteiger partial charge in [-0.25, -0.2) is 0 Å². The second-order valence-corrected chi connectivity index (χ2v) is 4.53. The molecule has 3 heterocycles. The maximum absolute atomic E-state index is 5.76. The van der Waals surface area contributed by atoms with Crippen LogP contribution in [0.3, 0.4) is 0 Å². The first-order valence-corrected chi connectivity index (χ1v) is 6.47. The summed E-state index contributed by atoms with van der Waals surface area (Å²) in [6, 6.07) is 3.67. The summed E-state index contributed by atoms with van der Waals surface area (Å²) in [4.78, 5) is 8.27. The van der Waals surface area contributed by atoms with Gasteiger partial charge in [-0.05, 0) is 31.5 Å². The summed E-state index contributed by atoms with van der Waals surface area (Å²) >= 11 is 0. The van der Waals surface area contributed by atoms with Crippen molar-refractivity contribution in [1.82, 2.24) is 20.4 Å². The molecular formula is C13H16N4O2. The molecule has 0 saturated carbocycles. The minimum absolute atomic E-state index is 0.247. The number of hydrogen-bond acceptors (Lipinski definition) is 6. The molecule has 0 bridgehead atoms. The second kappa shape index (κ2) is 5.90. The molecule has 1 fully saturated rings. The lowest BCUT2D eigenvalue weighted by Crippen LogP contribution is -2.35. The van der Waals surface area contributed by atoms with E-state index in [9.17, 15) is 0 Å². The van der Waals surface area contributed by atoms with E-state index in [0.717, 1.165) is 31.5 Å². The molecule has 0 amide bonds. The highest BCUT2D eigenvalue weighted by molar-refractivity contribution is 5.50. The van der Waals surface area contributed by atoms with Gasteiger partial charge in [-0.1, -0.05) is 5.16 Å². The van der Waals surface area contributed by atoms with Crippen LogP contribution in [0.25, 0.3) is 11.5 Å². The summed E-state index contributed by atoms with van der Waals surface area (Å²) in [6.45, 7) is 2.37. The van der Waals surface area contributed by atoms with E-state index in [4.69, 9.17) is 9.26 Å². The third-order valence-electron chi connectivity index (χ3n) is 3.10. The summed E-state index contributed by atoms with van der Waals surface area (Å²) in [5.41, 5.74) is 0.869. The van der Waals surface area contributed by atoms with E-state index >= 15 is 0 Å². The highest BCUT2D eigenvalue weighted by Gasteiger charge is 2.15. The highest BCUT2D eigenvalue weighted by Crippen LogP contribution is 2.16. The lowest BCUT2D eigenvalue weighted by molar-refractivity contribution is 0.0210. The van der Waals surface area contributed by atoms with Crippen molar-refractivity contribution in [3.05, 3.63) is 30.4 Å². The lowest BCUT2D eigenvalue weighted by Gasteiger charge is -2.22. The predicted octanol–water partition coefficient (Wildman–Crippen LogP) is 1.40. The minimum Gasteiger partial charge on any atom is -0.369 e. The van der Waals surface area contributed by atoms with Crippen LogP contribution in [-0.2, 0) is 11.3 Å². The van der Waals surface area contributed by atoms with Gasteiger partial charge in [0.1, 0.15) is 6.61 Å². The van der Waals surface area contributed by atoms with Crippen LogP contribution in [-0.4, -0.2) is 34.3 Å². The Bertz CT molecular complexity index is 508. The van der Waals surface area contributed by atoms with Crippen LogP contribution in [0, 0.1) is 0 Å². The first kappa shape index (κ1) is 12.3. The summed E-state index contributed by atoms with van der Waals surface area (Å²) in [6.07, 6.45) is 5.88. The van der Waals surface area contributed by atoms with Gasteiger partial charge < -0.3 is 14.6 Å². The van der Waals surface area contributed by atoms with Crippen LogP contribution in [0.15, 0.2) is 29.0 Å². The third-order valence-corrected chi connectivity index (χ3v) is 3.10. The molecule has 2 aromatic heterocycles. The van der Waals surface area contributed by atoms with Crippen molar-refractivity contribution >= 4 is 0 Å². The Morgan fingerprint density at radius 2 is 2.26 bits per heavy atom. The number of nitrogens with zero attached hydrogens (tertiary/aromatic N) is 3. The second-order valence-electron chi connectivity index (χ2n) is 4.53. The largest absolute Gasteiger partial charge is 0.369 e. The van der Waals surface area contributed by atoms with Crippen molar-refractivity contribution < 1.29 is 9.26 Å². The van der Waals surface area contributed by atoms with Gasteiger partial charge in [0.2, 0.25) is 0 Å². The Morgan fingerprint density at radius 3 is 3.05 bits per heavy atom. The Balaban J connectivity index is 1.59. The summed E-state index contributed by atoms with van der Waals surface area (Å²) in [5.74, 6) is 1.08. The first-order chi connectivity index (χ1) is 9.42. The molecule has 0 aliphatic carbocycles. The van der Waals surface area contributed by atoms with E-state index in [1.54, 1.807) is 12.4 Å². The number of aromatic nitrogens is 3. The number of hydrogen-bond donors (Lipinski definition) is 1. The van der Waals surface area contributed by atoms with Crippen LogP contribution in [0.2, 0.25) is 0 Å². The van der Waals surface area contributed by atoms with Gasteiger partial charge in [-0.15, -0.1) is 0 Å². The van der Waals surface area contributed by atoms with Crippen molar-refractivity contribution in [2.24, 2.45) is 0 Å². The maximum Gasteiger partial charge on any atom is 0.258 e. The number of piperidine rings is 1. The Kier molecular flexibility index (Phi) is 3.81. The van der Waals surface area contributed by atoms with E-state index in [0.29, 0.717) is 18.3 Å². The zero-order valence-corrected chi connectivity index (χ0v) is 10.6. The molecule has 1 N–H and O–H groups in total. The monoisotopic (exact) mass is 260 g/mol. The van der Waals surface area contributed by atoms with Gasteiger partial charge in [0.15, 0.2) is 5.82 Å². The molecule has 100 valence electrons. The molecule has 1 aliphatic heterocycles. The lowest BCUT2D eigenvalue weighted by atomic mass is 10.1. The van der Waals surface area contributed by atoms with E-state index in [1.807, 2.05) is 12.1 Å². The molecular weight excluding hydrogens is 244 g/mol. The average Bonchev–Trinajstić information content (AvgIpc) is 2.96. The van der Waals surface area contributed by atoms with Crippen LogP contribution in [0.4, 0.5) is 0 Å². The van der Waals surface area contributed by atoms with Crippen molar-refractivity contribution in [2.45, 2.75) is 25.6 Å². The molecule has 2 aromatic rings. The van der Waals surface area contributed by atoms with E-state index < -0.39 is 0 Å². The van der Waals surface area contributed by atoms with Crippen LogP contribution in [0.1, 0.15) is 18.7 Å². The molecule has 1 saturated heterocycles. The van der Waals surface area contributed by atoms with Crippen LogP contribution >= 0.6 is 0 Å². The zero-order valence-electron chi connectivity index (χ0n) is 10.6. The quantitative estimate of drug-likeness (QED) is 0.895. The molecule has 0 radical (unpaired) electrons. The Labute approximate surface area is 111 Å². The fourth-order valence-electron chi connectivity index (χ4n) is 2.08. The van der Waals surface area contributed by atoms with Crippen molar-refractivity contribution in [2.75, 3.05) is 13.1 Å². The molecule has 6 nitrogen and oxygen atoms in total. The maximum atomic E-state index is 5.76. The van der Waals surface area contributed by atoms with E-state index in [2.05, 4.69) is 20.4 Å². The summed E-state index contributed by atoms with van der Waals surface area (Å²) in [7, 11) is 0. The van der Waals surface area contributed by atoms with E-state index in [-0.39, 0.29) is 6.10 Å². The number of nitrogens with one attached hydrogen (secondary N) is 1. The summed E-state index contributed by atoms with van der Waals surface area (Å²) < 4.78 is 11.0. The van der Waals surface area contributed by atoms with Crippen molar-refractivity contribution in [3.8, 4) is 11.5 Å². The van der Waals surface area contributed by atoms with Gasteiger partial charge in [0.05, 0.1) is 6.10 Å². The average molecular weight is 260 g/mol. The van der Waals surface area contributed by atoms with Crippen molar-refractivity contribution in [3.63, 3.8) is 0 Å². The smallest absolute Gasteiger partial charge is 0.258 e. The summed E-state index contributed by atoms with van der Waals surface area (Å²) in [5, 5.41) is 7.23. The molecule has 19 heavy (non-hydrogen) atoms. The number of pyridine rings is 1. The van der Waals surface area contributed by atoms with Crippen LogP contribution < -0.4 is 5.32 Å². The molecule has 1 atom stereocenters. The fourth-order valence-corrected chi connectivity index (χ4v) is 2.08. The number of ether oxygens (including phenoxy) is 1. The van der Waals surface area contributed by atoms with E-state index in [1.165, 1.54) is 0 Å². The highest BCUT2D eigenvalue weighted by atomic mass is 16.5. The van der Waals surface area contributed by atoms with Gasteiger partial charge in [-0.2, -0.15) is 4.98 Å². The molecule has 1 unspecified atom stereocenters. The predicted molar refractivity (Wildman–Crippen MR) is 68.2 cm³/mol. The molecule has 3 rings (SSSR count). The molecule has 0 spiro atoms. The third kappa shape index (κ3) is 3.15. The normalized spacial score (nSPS) is 19.5. The molecule has 6 heteroatoms. The van der Waals surface area contributed by atoms with Gasteiger partial charge in [0.25, 0.3) is 5.89 Å². The van der Waals surface area contributed by atoms with Gasteiger partial charge in [-0.3, -0.25) is 4.98 Å². The minimum atomic E-state index is 0.247. The zero-order chi connectivity index (χ0) is 12.9. The standard InChI is InChI=1S/C13H16N4O2/c1-2-11(8-15-5-1)18-9-12-16-13(19-17-12)10-3-6-14-7-4-10/h3-4,6-7,11,15H,1-2,5,8-9H2. The van der Waals surface area contributed by atoms with Gasteiger partial charge in [0, 0.05) is 24.5 Å². The Morgan fingerprint density at radius 1 is 1.37 bits per heavy atom. The molecule has 0 aromatic carbocycles. The van der Waals surface area contributed by atoms with Crippen LogP contribution in [0.5, 0.6) is 0 Å².